The number of carbonyl (C=O) groups is 1. The Hall–Kier alpha value is -2.88. The van der Waals surface area contributed by atoms with Crippen molar-refractivity contribution in [3.63, 3.8) is 0 Å². The molecule has 0 radical (unpaired) electrons. The topological polar surface area (TPSA) is 46.9 Å². The van der Waals surface area contributed by atoms with Crippen LogP contribution in [0.1, 0.15) is 40.4 Å². The number of rotatable bonds is 6. The lowest BCUT2D eigenvalue weighted by molar-refractivity contribution is -0.121. The Bertz CT molecular complexity index is 830. The summed E-state index contributed by atoms with van der Waals surface area (Å²) < 4.78 is 1.85. The first-order valence-electron chi connectivity index (χ1n) is 8.92. The first kappa shape index (κ1) is 17.9. The van der Waals surface area contributed by atoms with E-state index >= 15 is 0 Å². The minimum atomic E-state index is 0.0466. The molecule has 0 unspecified atom stereocenters. The second-order valence-corrected chi connectivity index (χ2v) is 6.63. The number of amides is 1. The van der Waals surface area contributed by atoms with Crippen LogP contribution in [0.15, 0.2) is 60.7 Å². The molecule has 3 aromatic rings. The van der Waals surface area contributed by atoms with E-state index in [1.54, 1.807) is 0 Å². The third-order valence-corrected chi connectivity index (χ3v) is 4.91. The molecule has 1 amide bonds. The highest BCUT2D eigenvalue weighted by atomic mass is 16.1. The quantitative estimate of drug-likeness (QED) is 0.736. The van der Waals surface area contributed by atoms with Gasteiger partial charge in [-0.25, -0.2) is 0 Å². The van der Waals surface area contributed by atoms with Crippen LogP contribution < -0.4 is 5.32 Å². The summed E-state index contributed by atoms with van der Waals surface area (Å²) in [5, 5.41) is 7.48. The second-order valence-electron chi connectivity index (χ2n) is 6.63. The fourth-order valence-electron chi connectivity index (χ4n) is 3.32. The van der Waals surface area contributed by atoms with E-state index in [9.17, 15) is 4.79 Å². The molecule has 0 aliphatic carbocycles. The second kappa shape index (κ2) is 8.00. The fourth-order valence-corrected chi connectivity index (χ4v) is 3.32. The Labute approximate surface area is 154 Å². The molecule has 0 atom stereocenters. The molecule has 0 spiro atoms. The minimum Gasteiger partial charge on any atom is -0.352 e. The van der Waals surface area contributed by atoms with Gasteiger partial charge in [-0.15, -0.1) is 0 Å². The average Bonchev–Trinajstić information content (AvgIpc) is 2.91. The van der Waals surface area contributed by atoms with Gasteiger partial charge in [-0.05, 0) is 25.0 Å². The van der Waals surface area contributed by atoms with Gasteiger partial charge in [-0.2, -0.15) is 5.10 Å². The van der Waals surface area contributed by atoms with Gasteiger partial charge in [0.15, 0.2) is 0 Å². The summed E-state index contributed by atoms with van der Waals surface area (Å²) in [5.74, 6) is 0.0962. The number of nitrogens with one attached hydrogen (secondary N) is 1. The van der Waals surface area contributed by atoms with Crippen molar-refractivity contribution >= 4 is 5.91 Å². The number of aromatic nitrogens is 2. The zero-order valence-corrected chi connectivity index (χ0v) is 15.6. The highest BCUT2D eigenvalue weighted by Crippen LogP contribution is 2.27. The standard InChI is InChI=1S/C22H25N3O/c1-16-21(17(2)25(3)24-16)15-23-22(26)14-20(18-10-6-4-7-11-18)19-12-8-5-9-13-19/h4-13,20H,14-15H2,1-3H3,(H,23,26). The third-order valence-electron chi connectivity index (χ3n) is 4.91. The van der Waals surface area contributed by atoms with E-state index in [1.807, 2.05) is 62.0 Å². The Morgan fingerprint density at radius 1 is 1.00 bits per heavy atom. The minimum absolute atomic E-state index is 0.0466. The van der Waals surface area contributed by atoms with Crippen molar-refractivity contribution in [2.24, 2.45) is 7.05 Å². The normalized spacial score (nSPS) is 10.9. The lowest BCUT2D eigenvalue weighted by atomic mass is 9.88. The van der Waals surface area contributed by atoms with E-state index in [-0.39, 0.29) is 11.8 Å². The van der Waals surface area contributed by atoms with Gasteiger partial charge in [0, 0.05) is 37.2 Å². The highest BCUT2D eigenvalue weighted by molar-refractivity contribution is 5.77. The lowest BCUT2D eigenvalue weighted by Crippen LogP contribution is -2.25. The summed E-state index contributed by atoms with van der Waals surface area (Å²) in [4.78, 5) is 12.7. The first-order valence-corrected chi connectivity index (χ1v) is 8.92. The smallest absolute Gasteiger partial charge is 0.221 e. The number of carbonyl (C=O) groups excluding carboxylic acids is 1. The number of aryl methyl sites for hydroxylation is 2. The van der Waals surface area contributed by atoms with Crippen molar-refractivity contribution < 1.29 is 4.79 Å². The van der Waals surface area contributed by atoms with Gasteiger partial charge in [0.1, 0.15) is 0 Å². The van der Waals surface area contributed by atoms with E-state index < -0.39 is 0 Å². The number of hydrogen-bond acceptors (Lipinski definition) is 2. The molecule has 3 rings (SSSR count). The Kier molecular flexibility index (Phi) is 5.52. The van der Waals surface area contributed by atoms with Crippen molar-refractivity contribution in [2.45, 2.75) is 32.7 Å². The average molecular weight is 347 g/mol. The van der Waals surface area contributed by atoms with Crippen LogP contribution in [0.2, 0.25) is 0 Å². The van der Waals surface area contributed by atoms with Crippen molar-refractivity contribution in [3.8, 4) is 0 Å². The molecule has 4 nitrogen and oxygen atoms in total. The van der Waals surface area contributed by atoms with E-state index in [0.717, 1.165) is 28.1 Å². The number of hydrogen-bond donors (Lipinski definition) is 1. The van der Waals surface area contributed by atoms with Crippen LogP contribution in [0.25, 0.3) is 0 Å². The Morgan fingerprint density at radius 2 is 1.54 bits per heavy atom. The summed E-state index contributed by atoms with van der Waals surface area (Å²) in [6.07, 6.45) is 0.423. The van der Waals surface area contributed by atoms with Crippen LogP contribution in [-0.4, -0.2) is 15.7 Å². The molecule has 0 saturated carbocycles. The molecule has 1 N–H and O–H groups in total. The van der Waals surface area contributed by atoms with Gasteiger partial charge in [0.05, 0.1) is 5.69 Å². The number of nitrogens with zero attached hydrogens (tertiary/aromatic N) is 2. The monoisotopic (exact) mass is 347 g/mol. The molecule has 134 valence electrons. The van der Waals surface area contributed by atoms with E-state index in [0.29, 0.717) is 13.0 Å². The maximum atomic E-state index is 12.7. The molecular weight excluding hydrogens is 322 g/mol. The van der Waals surface area contributed by atoms with Crippen molar-refractivity contribution in [1.82, 2.24) is 15.1 Å². The van der Waals surface area contributed by atoms with E-state index in [1.165, 1.54) is 0 Å². The van der Waals surface area contributed by atoms with Gasteiger partial charge in [-0.3, -0.25) is 9.48 Å². The van der Waals surface area contributed by atoms with E-state index in [4.69, 9.17) is 0 Å². The van der Waals surface area contributed by atoms with Crippen molar-refractivity contribution in [3.05, 3.63) is 88.7 Å². The van der Waals surface area contributed by atoms with Gasteiger partial charge < -0.3 is 5.32 Å². The summed E-state index contributed by atoms with van der Waals surface area (Å²) in [6, 6.07) is 20.4. The highest BCUT2D eigenvalue weighted by Gasteiger charge is 2.18. The van der Waals surface area contributed by atoms with Gasteiger partial charge in [0.25, 0.3) is 0 Å². The van der Waals surface area contributed by atoms with Crippen LogP contribution >= 0.6 is 0 Å². The van der Waals surface area contributed by atoms with Crippen LogP contribution in [0.3, 0.4) is 0 Å². The van der Waals surface area contributed by atoms with Crippen LogP contribution in [-0.2, 0) is 18.4 Å². The molecule has 0 bridgehead atoms. The fraction of sp³-hybridized carbons (Fsp3) is 0.273. The lowest BCUT2D eigenvalue weighted by Gasteiger charge is -2.18. The summed E-state index contributed by atoms with van der Waals surface area (Å²) in [7, 11) is 1.93. The predicted molar refractivity (Wildman–Crippen MR) is 104 cm³/mol. The maximum absolute atomic E-state index is 12.7. The Morgan fingerprint density at radius 3 is 2.00 bits per heavy atom. The van der Waals surface area contributed by atoms with Crippen molar-refractivity contribution in [2.75, 3.05) is 0 Å². The first-order chi connectivity index (χ1) is 12.6. The predicted octanol–water partition coefficient (Wildman–Crippen LogP) is 3.88. The van der Waals surface area contributed by atoms with Gasteiger partial charge in [0.2, 0.25) is 5.91 Å². The van der Waals surface area contributed by atoms with Crippen LogP contribution in [0.5, 0.6) is 0 Å². The molecule has 0 saturated heterocycles. The van der Waals surface area contributed by atoms with Crippen LogP contribution in [0, 0.1) is 13.8 Å². The number of benzene rings is 2. The summed E-state index contributed by atoms with van der Waals surface area (Å²) in [5.41, 5.74) is 5.46. The van der Waals surface area contributed by atoms with Crippen molar-refractivity contribution in [1.29, 1.82) is 0 Å². The summed E-state index contributed by atoms with van der Waals surface area (Å²) >= 11 is 0. The molecule has 0 aliphatic heterocycles. The molecule has 1 aromatic heterocycles. The summed E-state index contributed by atoms with van der Waals surface area (Å²) in [6.45, 7) is 4.52. The largest absolute Gasteiger partial charge is 0.352 e. The molecule has 4 heteroatoms. The third kappa shape index (κ3) is 4.02. The zero-order valence-electron chi connectivity index (χ0n) is 15.6. The molecule has 1 heterocycles. The molecular formula is C22H25N3O. The van der Waals surface area contributed by atoms with Gasteiger partial charge >= 0.3 is 0 Å². The van der Waals surface area contributed by atoms with Crippen LogP contribution in [0.4, 0.5) is 0 Å². The van der Waals surface area contributed by atoms with E-state index in [2.05, 4.69) is 34.7 Å². The molecule has 0 aliphatic rings. The zero-order chi connectivity index (χ0) is 18.5. The molecule has 0 fully saturated rings. The SMILES string of the molecule is Cc1nn(C)c(C)c1CNC(=O)CC(c1ccccc1)c1ccccc1. The Balaban J connectivity index is 1.74. The molecule has 2 aromatic carbocycles. The maximum Gasteiger partial charge on any atom is 0.221 e. The molecule has 26 heavy (non-hydrogen) atoms. The van der Waals surface area contributed by atoms with Gasteiger partial charge in [-0.1, -0.05) is 60.7 Å².